The predicted molar refractivity (Wildman–Crippen MR) is 78.2 cm³/mol. The number of aromatic nitrogens is 4. The summed E-state index contributed by atoms with van der Waals surface area (Å²) in [6, 6.07) is 2.23. The Morgan fingerprint density at radius 1 is 1.30 bits per heavy atom. The lowest BCUT2D eigenvalue weighted by molar-refractivity contribution is 0.425. The number of anilines is 2. The molecule has 1 aliphatic carbocycles. The van der Waals surface area contributed by atoms with Crippen molar-refractivity contribution in [2.24, 2.45) is 5.92 Å². The van der Waals surface area contributed by atoms with Crippen LogP contribution in [0.3, 0.4) is 0 Å². The molecule has 0 unspecified atom stereocenters. The molecule has 0 amide bonds. The molecule has 0 saturated carbocycles. The van der Waals surface area contributed by atoms with E-state index in [9.17, 15) is 0 Å². The van der Waals surface area contributed by atoms with Crippen LogP contribution in [-0.4, -0.2) is 38.6 Å². The Morgan fingerprint density at radius 3 is 3.10 bits per heavy atom. The molecule has 2 aromatic rings. The minimum atomic E-state index is 0.645. The second-order valence-corrected chi connectivity index (χ2v) is 6.03. The molecule has 0 radical (unpaired) electrons. The van der Waals surface area contributed by atoms with Crippen molar-refractivity contribution in [3.63, 3.8) is 0 Å². The fraction of sp³-hybridized carbons (Fsp3) is 0.538. The van der Waals surface area contributed by atoms with E-state index in [0.29, 0.717) is 5.92 Å². The van der Waals surface area contributed by atoms with Gasteiger partial charge in [0.1, 0.15) is 0 Å². The highest BCUT2D eigenvalue weighted by atomic mass is 32.1. The molecule has 1 N–H and O–H groups in total. The Labute approximate surface area is 121 Å². The van der Waals surface area contributed by atoms with Crippen LogP contribution in [0.4, 0.5) is 11.6 Å². The number of fused-ring (bicyclic) bond motifs is 1. The quantitative estimate of drug-likeness (QED) is 0.916. The summed E-state index contributed by atoms with van der Waals surface area (Å²) >= 11 is 1.23. The first kappa shape index (κ1) is 12.0. The van der Waals surface area contributed by atoms with Crippen molar-refractivity contribution in [1.82, 2.24) is 18.9 Å². The lowest BCUT2D eigenvalue weighted by Gasteiger charge is -2.40. The van der Waals surface area contributed by atoms with Crippen molar-refractivity contribution in [1.29, 1.82) is 0 Å². The molecule has 2 aromatic heterocycles. The van der Waals surface area contributed by atoms with E-state index in [1.807, 2.05) is 0 Å². The zero-order valence-corrected chi connectivity index (χ0v) is 11.9. The monoisotopic (exact) mass is 288 g/mol. The van der Waals surface area contributed by atoms with Gasteiger partial charge in [0.05, 0.1) is 23.6 Å². The van der Waals surface area contributed by atoms with Crippen LogP contribution >= 0.6 is 11.7 Å². The van der Waals surface area contributed by atoms with E-state index in [0.717, 1.165) is 44.1 Å². The molecule has 7 heteroatoms. The van der Waals surface area contributed by atoms with E-state index in [1.165, 1.54) is 29.4 Å². The molecule has 0 atom stereocenters. The third-order valence-electron chi connectivity index (χ3n) is 4.02. The van der Waals surface area contributed by atoms with Gasteiger partial charge in [-0.05, 0) is 30.9 Å². The number of rotatable bonds is 4. The van der Waals surface area contributed by atoms with Gasteiger partial charge >= 0.3 is 0 Å². The zero-order valence-electron chi connectivity index (χ0n) is 11.1. The summed E-state index contributed by atoms with van der Waals surface area (Å²) < 4.78 is 8.13. The third-order valence-corrected chi connectivity index (χ3v) is 4.50. The lowest BCUT2D eigenvalue weighted by atomic mass is 10.00. The van der Waals surface area contributed by atoms with Crippen molar-refractivity contribution in [2.45, 2.75) is 19.3 Å². The Bertz CT molecular complexity index is 593. The van der Waals surface area contributed by atoms with Crippen LogP contribution in [0.1, 0.15) is 17.7 Å². The molecule has 1 fully saturated rings. The largest absolute Gasteiger partial charge is 0.367 e. The average molecular weight is 288 g/mol. The first-order valence-corrected chi connectivity index (χ1v) is 7.73. The Kier molecular flexibility index (Phi) is 2.99. The van der Waals surface area contributed by atoms with Gasteiger partial charge in [-0.15, -0.1) is 5.10 Å². The van der Waals surface area contributed by atoms with Crippen LogP contribution in [0, 0.1) is 5.92 Å². The number of aryl methyl sites for hydroxylation is 2. The van der Waals surface area contributed by atoms with Gasteiger partial charge in [0.25, 0.3) is 0 Å². The number of hydrogen-bond acceptors (Lipinski definition) is 7. The standard InChI is InChI=1S/C13H16N6S/c1-2-10-4-13(17-16-11(10)3-1)19-7-9(8-19)5-14-12-6-15-20-18-12/h4,6,9H,1-3,5,7-8H2,(H,14,18). The van der Waals surface area contributed by atoms with E-state index < -0.39 is 0 Å². The highest BCUT2D eigenvalue weighted by Crippen LogP contribution is 2.27. The fourth-order valence-electron chi connectivity index (χ4n) is 2.85. The maximum atomic E-state index is 4.35. The second-order valence-electron chi connectivity index (χ2n) is 5.47. The highest BCUT2D eigenvalue weighted by molar-refractivity contribution is 6.99. The molecule has 1 saturated heterocycles. The molecule has 0 spiro atoms. The van der Waals surface area contributed by atoms with E-state index >= 15 is 0 Å². The molecule has 3 heterocycles. The van der Waals surface area contributed by atoms with E-state index in [2.05, 4.69) is 35.2 Å². The van der Waals surface area contributed by atoms with Crippen molar-refractivity contribution >= 4 is 23.4 Å². The molecule has 0 bridgehead atoms. The maximum absolute atomic E-state index is 4.35. The van der Waals surface area contributed by atoms with Crippen molar-refractivity contribution < 1.29 is 0 Å². The summed E-state index contributed by atoms with van der Waals surface area (Å²) in [4.78, 5) is 2.30. The van der Waals surface area contributed by atoms with Gasteiger partial charge in [-0.25, -0.2) is 0 Å². The maximum Gasteiger partial charge on any atom is 0.160 e. The van der Waals surface area contributed by atoms with E-state index in [1.54, 1.807) is 6.20 Å². The van der Waals surface area contributed by atoms with Crippen molar-refractivity contribution in [3.05, 3.63) is 23.5 Å². The van der Waals surface area contributed by atoms with Gasteiger partial charge in [-0.2, -0.15) is 13.8 Å². The van der Waals surface area contributed by atoms with Crippen molar-refractivity contribution in [3.8, 4) is 0 Å². The van der Waals surface area contributed by atoms with Gasteiger partial charge < -0.3 is 10.2 Å². The minimum Gasteiger partial charge on any atom is -0.367 e. The fourth-order valence-corrected chi connectivity index (χ4v) is 3.24. The second kappa shape index (κ2) is 4.97. The summed E-state index contributed by atoms with van der Waals surface area (Å²) in [7, 11) is 0. The van der Waals surface area contributed by atoms with Gasteiger partial charge in [-0.1, -0.05) is 0 Å². The van der Waals surface area contributed by atoms with Crippen LogP contribution < -0.4 is 10.2 Å². The van der Waals surface area contributed by atoms with Crippen molar-refractivity contribution in [2.75, 3.05) is 29.9 Å². The van der Waals surface area contributed by atoms with Gasteiger partial charge in [0.2, 0.25) is 0 Å². The number of nitrogens with one attached hydrogen (secondary N) is 1. The Hall–Kier alpha value is -1.76. The summed E-state index contributed by atoms with van der Waals surface area (Å²) in [6.45, 7) is 3.02. The summed E-state index contributed by atoms with van der Waals surface area (Å²) in [5, 5.41) is 12.0. The predicted octanol–water partition coefficient (Wildman–Crippen LogP) is 1.37. The van der Waals surface area contributed by atoms with Crippen LogP contribution in [0.15, 0.2) is 12.3 Å². The van der Waals surface area contributed by atoms with Crippen LogP contribution in [-0.2, 0) is 12.8 Å². The summed E-state index contributed by atoms with van der Waals surface area (Å²) in [6.07, 6.45) is 5.25. The molecule has 0 aromatic carbocycles. The van der Waals surface area contributed by atoms with E-state index in [-0.39, 0.29) is 0 Å². The van der Waals surface area contributed by atoms with E-state index in [4.69, 9.17) is 0 Å². The molecule has 20 heavy (non-hydrogen) atoms. The Balaban J connectivity index is 1.32. The normalized spacial score (nSPS) is 17.9. The van der Waals surface area contributed by atoms with Gasteiger partial charge in [0.15, 0.2) is 11.6 Å². The zero-order chi connectivity index (χ0) is 13.4. The third kappa shape index (κ3) is 2.22. The van der Waals surface area contributed by atoms with Crippen LogP contribution in [0.5, 0.6) is 0 Å². The molecule has 104 valence electrons. The van der Waals surface area contributed by atoms with Crippen LogP contribution in [0.25, 0.3) is 0 Å². The first-order valence-electron chi connectivity index (χ1n) is 7.00. The summed E-state index contributed by atoms with van der Waals surface area (Å²) in [5.74, 6) is 2.56. The first-order chi connectivity index (χ1) is 9.88. The lowest BCUT2D eigenvalue weighted by Crippen LogP contribution is -2.50. The SMILES string of the molecule is c1nsnc1NCC1CN(c2cc3c(nn2)CCC3)C1. The topological polar surface area (TPSA) is 66.8 Å². The van der Waals surface area contributed by atoms with Crippen LogP contribution in [0.2, 0.25) is 0 Å². The van der Waals surface area contributed by atoms with Gasteiger partial charge in [0, 0.05) is 25.6 Å². The average Bonchev–Trinajstić information content (AvgIpc) is 3.07. The summed E-state index contributed by atoms with van der Waals surface area (Å²) in [5.41, 5.74) is 2.59. The van der Waals surface area contributed by atoms with Gasteiger partial charge in [-0.3, -0.25) is 0 Å². The molecule has 1 aliphatic heterocycles. The number of hydrogen-bond donors (Lipinski definition) is 1. The minimum absolute atomic E-state index is 0.645. The smallest absolute Gasteiger partial charge is 0.160 e. The highest BCUT2D eigenvalue weighted by Gasteiger charge is 2.28. The molecule has 4 rings (SSSR count). The molecule has 2 aliphatic rings. The molecular weight excluding hydrogens is 272 g/mol. The Morgan fingerprint density at radius 2 is 2.25 bits per heavy atom. The molecule has 6 nitrogen and oxygen atoms in total. The molecular formula is C13H16N6S. The number of nitrogens with zero attached hydrogens (tertiary/aromatic N) is 5.